The summed E-state index contributed by atoms with van der Waals surface area (Å²) < 4.78 is 2.21. The van der Waals surface area contributed by atoms with E-state index in [-0.39, 0.29) is 11.3 Å². The molecule has 0 radical (unpaired) electrons. The van der Waals surface area contributed by atoms with Crippen LogP contribution in [0.1, 0.15) is 78.3 Å². The van der Waals surface area contributed by atoms with Crippen molar-refractivity contribution >= 4 is 23.7 Å². The van der Waals surface area contributed by atoms with Gasteiger partial charge in [0, 0.05) is 18.2 Å². The quantitative estimate of drug-likeness (QED) is 0.591. The Labute approximate surface area is 195 Å². The average molecular weight is 458 g/mol. The van der Waals surface area contributed by atoms with Crippen molar-refractivity contribution in [2.45, 2.75) is 88.6 Å². The Hall–Kier alpha value is -2.35. The summed E-state index contributed by atoms with van der Waals surface area (Å²) in [6, 6.07) is 8.39. The molecule has 0 bridgehead atoms. The van der Waals surface area contributed by atoms with Gasteiger partial charge in [-0.3, -0.25) is 14.7 Å². The lowest BCUT2D eigenvalue weighted by Crippen LogP contribution is -2.42. The predicted octanol–water partition coefficient (Wildman–Crippen LogP) is 5.07. The second kappa shape index (κ2) is 10.5. The van der Waals surface area contributed by atoms with E-state index in [1.807, 2.05) is 6.92 Å². The molecular weight excluding hydrogens is 422 g/mol. The van der Waals surface area contributed by atoms with Gasteiger partial charge in [-0.2, -0.15) is 0 Å². The minimum atomic E-state index is -0.474. The van der Waals surface area contributed by atoms with E-state index in [0.29, 0.717) is 12.6 Å². The first-order chi connectivity index (χ1) is 15.2. The molecule has 0 saturated heterocycles. The van der Waals surface area contributed by atoms with Crippen molar-refractivity contribution in [1.29, 1.82) is 0 Å². The van der Waals surface area contributed by atoms with Crippen LogP contribution in [-0.4, -0.2) is 38.5 Å². The third-order valence-electron chi connectivity index (χ3n) is 5.84. The highest BCUT2D eigenvalue weighted by molar-refractivity contribution is 8.00. The van der Waals surface area contributed by atoms with Crippen molar-refractivity contribution in [1.82, 2.24) is 25.4 Å². The first-order valence-corrected chi connectivity index (χ1v) is 12.4. The largest absolute Gasteiger partial charge is 0.338 e. The molecular formula is C24H35N5O2S. The minimum absolute atomic E-state index is 0.0868. The van der Waals surface area contributed by atoms with Crippen LogP contribution < -0.4 is 10.6 Å². The fourth-order valence-electron chi connectivity index (χ4n) is 3.97. The van der Waals surface area contributed by atoms with Gasteiger partial charge in [0.1, 0.15) is 0 Å². The Morgan fingerprint density at radius 3 is 2.38 bits per heavy atom. The first-order valence-electron chi connectivity index (χ1n) is 11.5. The van der Waals surface area contributed by atoms with Gasteiger partial charge in [-0.1, -0.05) is 76.1 Å². The lowest BCUT2D eigenvalue weighted by Gasteiger charge is -2.26. The standard InChI is InChI=1S/C24H35N5O2S/c1-6-25-22(31)26-21(30)16(2)32-23-28-27-20(29(23)19-10-8-7-9-11-19)17-12-14-18(15-13-17)24(3,4)5/h12-16,19H,6-11H2,1-5H3,(H2,25,26,30,31). The van der Waals surface area contributed by atoms with Crippen LogP contribution in [0.25, 0.3) is 11.4 Å². The zero-order valence-corrected chi connectivity index (χ0v) is 20.6. The van der Waals surface area contributed by atoms with E-state index >= 15 is 0 Å². The highest BCUT2D eigenvalue weighted by atomic mass is 32.2. The van der Waals surface area contributed by atoms with Crippen LogP contribution in [0.15, 0.2) is 29.4 Å². The van der Waals surface area contributed by atoms with Crippen molar-refractivity contribution in [3.8, 4) is 11.4 Å². The van der Waals surface area contributed by atoms with Gasteiger partial charge < -0.3 is 5.32 Å². The molecule has 0 spiro atoms. The van der Waals surface area contributed by atoms with E-state index in [2.05, 4.69) is 70.4 Å². The number of hydrogen-bond acceptors (Lipinski definition) is 5. The molecule has 1 atom stereocenters. The molecule has 1 saturated carbocycles. The summed E-state index contributed by atoms with van der Waals surface area (Å²) in [6.45, 7) is 10.7. The molecule has 3 rings (SSSR count). The number of benzene rings is 1. The number of nitrogens with zero attached hydrogens (tertiary/aromatic N) is 3. The Morgan fingerprint density at radius 2 is 1.78 bits per heavy atom. The van der Waals surface area contributed by atoms with E-state index in [9.17, 15) is 9.59 Å². The van der Waals surface area contributed by atoms with Gasteiger partial charge in [0.25, 0.3) is 0 Å². The molecule has 1 aliphatic rings. The molecule has 32 heavy (non-hydrogen) atoms. The van der Waals surface area contributed by atoms with Crippen molar-refractivity contribution in [3.63, 3.8) is 0 Å². The molecule has 1 heterocycles. The molecule has 3 amide bonds. The topological polar surface area (TPSA) is 88.9 Å². The molecule has 1 aromatic carbocycles. The molecule has 0 aliphatic heterocycles. The van der Waals surface area contributed by atoms with Crippen LogP contribution in [0, 0.1) is 0 Å². The molecule has 1 aliphatic carbocycles. The number of nitrogens with one attached hydrogen (secondary N) is 2. The Bertz CT molecular complexity index is 927. The van der Waals surface area contributed by atoms with Crippen LogP contribution in [0.2, 0.25) is 0 Å². The molecule has 7 nitrogen and oxygen atoms in total. The van der Waals surface area contributed by atoms with Gasteiger partial charge in [-0.15, -0.1) is 10.2 Å². The summed E-state index contributed by atoms with van der Waals surface area (Å²) in [5, 5.41) is 14.2. The monoisotopic (exact) mass is 457 g/mol. The second-order valence-corrected chi connectivity index (χ2v) is 10.7. The molecule has 1 unspecified atom stereocenters. The zero-order chi connectivity index (χ0) is 23.3. The first kappa shape index (κ1) is 24.3. The predicted molar refractivity (Wildman–Crippen MR) is 129 cm³/mol. The fourth-order valence-corrected chi connectivity index (χ4v) is 4.89. The lowest BCUT2D eigenvalue weighted by atomic mass is 9.86. The number of imide groups is 1. The Kier molecular flexibility index (Phi) is 7.98. The van der Waals surface area contributed by atoms with Gasteiger partial charge in [-0.05, 0) is 37.7 Å². The number of carbonyl (C=O) groups excluding carboxylic acids is 2. The van der Waals surface area contributed by atoms with Gasteiger partial charge in [0.2, 0.25) is 5.91 Å². The Morgan fingerprint density at radius 1 is 1.12 bits per heavy atom. The van der Waals surface area contributed by atoms with E-state index in [1.165, 1.54) is 36.6 Å². The van der Waals surface area contributed by atoms with Crippen molar-refractivity contribution in [3.05, 3.63) is 29.8 Å². The number of aromatic nitrogens is 3. The third kappa shape index (κ3) is 5.91. The van der Waals surface area contributed by atoms with Crippen LogP contribution in [0.3, 0.4) is 0 Å². The van der Waals surface area contributed by atoms with Gasteiger partial charge in [0.05, 0.1) is 5.25 Å². The van der Waals surface area contributed by atoms with Crippen molar-refractivity contribution in [2.24, 2.45) is 0 Å². The summed E-state index contributed by atoms with van der Waals surface area (Å²) >= 11 is 1.35. The van der Waals surface area contributed by atoms with Crippen molar-refractivity contribution in [2.75, 3.05) is 6.54 Å². The number of carbonyl (C=O) groups is 2. The van der Waals surface area contributed by atoms with E-state index in [4.69, 9.17) is 0 Å². The van der Waals surface area contributed by atoms with E-state index in [1.54, 1.807) is 6.92 Å². The maximum atomic E-state index is 12.5. The number of hydrogen-bond donors (Lipinski definition) is 2. The maximum absolute atomic E-state index is 12.5. The summed E-state index contributed by atoms with van der Waals surface area (Å²) in [5.41, 5.74) is 2.39. The summed E-state index contributed by atoms with van der Waals surface area (Å²) in [6.07, 6.45) is 5.78. The maximum Gasteiger partial charge on any atom is 0.321 e. The average Bonchev–Trinajstić information content (AvgIpc) is 3.17. The minimum Gasteiger partial charge on any atom is -0.338 e. The number of urea groups is 1. The molecule has 1 fully saturated rings. The highest BCUT2D eigenvalue weighted by Crippen LogP contribution is 2.37. The van der Waals surface area contributed by atoms with E-state index in [0.717, 1.165) is 29.4 Å². The van der Waals surface area contributed by atoms with Gasteiger partial charge >= 0.3 is 6.03 Å². The van der Waals surface area contributed by atoms with Crippen LogP contribution in [0.5, 0.6) is 0 Å². The van der Waals surface area contributed by atoms with Gasteiger partial charge in [-0.25, -0.2) is 4.79 Å². The summed E-state index contributed by atoms with van der Waals surface area (Å²) in [4.78, 5) is 24.2. The summed E-state index contributed by atoms with van der Waals surface area (Å²) in [7, 11) is 0. The van der Waals surface area contributed by atoms with Crippen LogP contribution in [0.4, 0.5) is 4.79 Å². The molecule has 2 N–H and O–H groups in total. The normalized spacial score (nSPS) is 15.9. The van der Waals surface area contributed by atoms with Crippen LogP contribution >= 0.6 is 11.8 Å². The molecule has 2 aromatic rings. The van der Waals surface area contributed by atoms with Crippen LogP contribution in [-0.2, 0) is 10.2 Å². The number of thioether (sulfide) groups is 1. The fraction of sp³-hybridized carbons (Fsp3) is 0.583. The van der Waals surface area contributed by atoms with E-state index < -0.39 is 11.3 Å². The molecule has 8 heteroatoms. The molecule has 1 aromatic heterocycles. The second-order valence-electron chi connectivity index (χ2n) is 9.40. The van der Waals surface area contributed by atoms with Gasteiger partial charge in [0.15, 0.2) is 11.0 Å². The Balaban J connectivity index is 1.88. The number of amides is 3. The number of rotatable bonds is 6. The zero-order valence-electron chi connectivity index (χ0n) is 19.8. The smallest absolute Gasteiger partial charge is 0.321 e. The summed E-state index contributed by atoms with van der Waals surface area (Å²) in [5.74, 6) is 0.506. The third-order valence-corrected chi connectivity index (χ3v) is 6.90. The highest BCUT2D eigenvalue weighted by Gasteiger charge is 2.27. The van der Waals surface area contributed by atoms with Crippen molar-refractivity contribution < 1.29 is 9.59 Å². The lowest BCUT2D eigenvalue weighted by molar-refractivity contribution is -0.119. The molecule has 174 valence electrons. The SMILES string of the molecule is CCNC(=O)NC(=O)C(C)Sc1nnc(-c2ccc(C(C)(C)C)cc2)n1C1CCCCC1.